The topological polar surface area (TPSA) is 58.2 Å². The van der Waals surface area contributed by atoms with Crippen molar-refractivity contribution < 1.29 is 40.3 Å². The number of alkyl halides is 3. The fourth-order valence-electron chi connectivity index (χ4n) is 3.39. The second-order valence-corrected chi connectivity index (χ2v) is 9.26. The van der Waals surface area contributed by atoms with E-state index in [1.165, 1.54) is 12.1 Å². The SMILES string of the molecule is CCCCC(=O)Nc1ccc(SC(C(=O)Nc2c(F)c(F)c(C(F)(F)F)c(F)c2F)c2ccccc2)cc1. The van der Waals surface area contributed by atoms with Gasteiger partial charge < -0.3 is 10.6 Å². The van der Waals surface area contributed by atoms with Crippen LogP contribution in [-0.4, -0.2) is 11.8 Å². The Bertz CT molecular complexity index is 1270. The smallest absolute Gasteiger partial charge is 0.326 e. The molecule has 0 fully saturated rings. The minimum Gasteiger partial charge on any atom is -0.326 e. The summed E-state index contributed by atoms with van der Waals surface area (Å²) in [5, 5.41) is 3.19. The van der Waals surface area contributed by atoms with Gasteiger partial charge in [0.25, 0.3) is 0 Å². The van der Waals surface area contributed by atoms with Crippen LogP contribution in [0.25, 0.3) is 0 Å². The maximum atomic E-state index is 14.4. The van der Waals surface area contributed by atoms with Crippen LogP contribution >= 0.6 is 11.8 Å². The van der Waals surface area contributed by atoms with Gasteiger partial charge in [-0.3, -0.25) is 9.59 Å². The van der Waals surface area contributed by atoms with Gasteiger partial charge >= 0.3 is 6.18 Å². The molecule has 2 N–H and O–H groups in total. The minimum absolute atomic E-state index is 0.172. The highest BCUT2D eigenvalue weighted by molar-refractivity contribution is 8.00. The molecule has 3 aromatic carbocycles. The Labute approximate surface area is 217 Å². The highest BCUT2D eigenvalue weighted by Crippen LogP contribution is 2.40. The van der Waals surface area contributed by atoms with E-state index in [1.807, 2.05) is 6.92 Å². The van der Waals surface area contributed by atoms with Crippen LogP contribution in [0.3, 0.4) is 0 Å². The first-order valence-electron chi connectivity index (χ1n) is 11.3. The number of thioether (sulfide) groups is 1. The molecule has 1 unspecified atom stereocenters. The molecule has 4 nitrogen and oxygen atoms in total. The van der Waals surface area contributed by atoms with Gasteiger partial charge in [-0.1, -0.05) is 43.7 Å². The summed E-state index contributed by atoms with van der Waals surface area (Å²) in [5.41, 5.74) is -3.58. The lowest BCUT2D eigenvalue weighted by molar-refractivity contribution is -0.143. The standard InChI is InChI=1S/C26H21F7N2O2S/c1-2-3-9-17(36)34-15-10-12-16(13-11-15)38-24(14-7-5-4-6-8-14)25(37)35-23-21(29)19(27)18(26(31,32)33)20(28)22(23)30/h4-8,10-13,24H,2-3,9H2,1H3,(H,34,36)(H,35,37). The molecule has 12 heteroatoms. The zero-order chi connectivity index (χ0) is 28.0. The first kappa shape index (κ1) is 29.0. The molecule has 0 aliphatic carbocycles. The summed E-state index contributed by atoms with van der Waals surface area (Å²) in [5.74, 6) is -11.4. The maximum Gasteiger partial charge on any atom is 0.422 e. The Kier molecular flexibility index (Phi) is 9.42. The summed E-state index contributed by atoms with van der Waals surface area (Å²) in [6.45, 7) is 1.95. The number of carbonyl (C=O) groups excluding carboxylic acids is 2. The van der Waals surface area contributed by atoms with E-state index in [0.717, 1.165) is 24.6 Å². The molecule has 2 amide bonds. The third-order valence-electron chi connectivity index (χ3n) is 5.28. The second kappa shape index (κ2) is 12.3. The summed E-state index contributed by atoms with van der Waals surface area (Å²) in [6, 6.07) is 14.1. The Balaban J connectivity index is 1.88. The number of nitrogens with one attached hydrogen (secondary N) is 2. The first-order chi connectivity index (χ1) is 17.9. The van der Waals surface area contributed by atoms with Crippen molar-refractivity contribution in [2.75, 3.05) is 10.6 Å². The molecule has 38 heavy (non-hydrogen) atoms. The van der Waals surface area contributed by atoms with Gasteiger partial charge in [-0.2, -0.15) is 13.2 Å². The third-order valence-corrected chi connectivity index (χ3v) is 6.55. The van der Waals surface area contributed by atoms with Gasteiger partial charge in [0.15, 0.2) is 23.3 Å². The average Bonchev–Trinajstić information content (AvgIpc) is 2.88. The van der Waals surface area contributed by atoms with Gasteiger partial charge in [0.2, 0.25) is 11.8 Å². The molecule has 0 spiro atoms. The van der Waals surface area contributed by atoms with Gasteiger partial charge in [-0.25, -0.2) is 17.6 Å². The van der Waals surface area contributed by atoms with Crippen molar-refractivity contribution in [2.24, 2.45) is 0 Å². The molecule has 3 rings (SSSR count). The van der Waals surface area contributed by atoms with E-state index < -0.39 is 51.9 Å². The Hall–Kier alpha value is -3.54. The molecule has 202 valence electrons. The van der Waals surface area contributed by atoms with E-state index >= 15 is 0 Å². The van der Waals surface area contributed by atoms with Crippen molar-refractivity contribution in [1.82, 2.24) is 0 Å². The fourth-order valence-corrected chi connectivity index (χ4v) is 4.42. The third kappa shape index (κ3) is 6.85. The monoisotopic (exact) mass is 558 g/mol. The predicted octanol–water partition coefficient (Wildman–Crippen LogP) is 7.86. The van der Waals surface area contributed by atoms with Crippen LogP contribution in [0.5, 0.6) is 0 Å². The molecule has 1 atom stereocenters. The van der Waals surface area contributed by atoms with Crippen molar-refractivity contribution >= 4 is 35.0 Å². The number of unbranched alkanes of at least 4 members (excludes halogenated alkanes) is 1. The molecular formula is C26H21F7N2O2S. The van der Waals surface area contributed by atoms with E-state index in [0.29, 0.717) is 22.6 Å². The fraction of sp³-hybridized carbons (Fsp3) is 0.231. The summed E-state index contributed by atoms with van der Waals surface area (Å²) >= 11 is 0.901. The maximum absolute atomic E-state index is 14.4. The number of benzene rings is 3. The zero-order valence-electron chi connectivity index (χ0n) is 19.8. The van der Waals surface area contributed by atoms with Crippen molar-refractivity contribution in [3.63, 3.8) is 0 Å². The summed E-state index contributed by atoms with van der Waals surface area (Å²) < 4.78 is 95.5. The molecule has 0 saturated heterocycles. The Morgan fingerprint density at radius 1 is 0.842 bits per heavy atom. The van der Waals surface area contributed by atoms with Gasteiger partial charge in [0, 0.05) is 17.0 Å². The van der Waals surface area contributed by atoms with Crippen LogP contribution in [0.15, 0.2) is 59.5 Å². The summed E-state index contributed by atoms with van der Waals surface area (Å²) in [7, 11) is 0. The number of halogens is 7. The molecule has 0 aliphatic rings. The molecule has 0 bridgehead atoms. The molecule has 0 saturated carbocycles. The van der Waals surface area contributed by atoms with E-state index in [-0.39, 0.29) is 5.91 Å². The largest absolute Gasteiger partial charge is 0.422 e. The quantitative estimate of drug-likeness (QED) is 0.160. The van der Waals surface area contributed by atoms with Crippen molar-refractivity contribution in [2.45, 2.75) is 42.5 Å². The summed E-state index contributed by atoms with van der Waals surface area (Å²) in [6.07, 6.45) is -3.78. The Morgan fingerprint density at radius 2 is 1.42 bits per heavy atom. The average molecular weight is 559 g/mol. The highest BCUT2D eigenvalue weighted by Gasteiger charge is 2.42. The lowest BCUT2D eigenvalue weighted by atomic mass is 10.1. The second-order valence-electron chi connectivity index (χ2n) is 8.08. The Morgan fingerprint density at radius 3 is 1.95 bits per heavy atom. The minimum atomic E-state index is -5.71. The van der Waals surface area contributed by atoms with Crippen LogP contribution in [-0.2, 0) is 15.8 Å². The molecule has 0 aromatic heterocycles. The summed E-state index contributed by atoms with van der Waals surface area (Å²) in [4.78, 5) is 25.4. The first-order valence-corrected chi connectivity index (χ1v) is 12.2. The van der Waals surface area contributed by atoms with Gasteiger partial charge in [0.1, 0.15) is 16.5 Å². The van der Waals surface area contributed by atoms with Crippen molar-refractivity contribution in [3.8, 4) is 0 Å². The van der Waals surface area contributed by atoms with E-state index in [2.05, 4.69) is 5.32 Å². The molecule has 0 radical (unpaired) electrons. The van der Waals surface area contributed by atoms with Crippen LogP contribution < -0.4 is 10.6 Å². The number of rotatable bonds is 9. The zero-order valence-corrected chi connectivity index (χ0v) is 20.6. The lowest BCUT2D eigenvalue weighted by Gasteiger charge is -2.19. The van der Waals surface area contributed by atoms with Crippen LogP contribution in [0, 0.1) is 23.3 Å². The van der Waals surface area contributed by atoms with Gasteiger partial charge in [-0.15, -0.1) is 11.8 Å². The van der Waals surface area contributed by atoms with Crippen LogP contribution in [0.1, 0.15) is 42.6 Å². The van der Waals surface area contributed by atoms with Crippen molar-refractivity contribution in [3.05, 3.63) is 89.0 Å². The number of amides is 2. The number of carbonyl (C=O) groups is 2. The van der Waals surface area contributed by atoms with Gasteiger partial charge in [-0.05, 0) is 36.2 Å². The van der Waals surface area contributed by atoms with E-state index in [1.54, 1.807) is 47.8 Å². The normalized spacial score (nSPS) is 12.2. The molecular weight excluding hydrogens is 537 g/mol. The molecule has 3 aromatic rings. The van der Waals surface area contributed by atoms with Crippen LogP contribution in [0.4, 0.5) is 42.1 Å². The molecule has 0 heterocycles. The van der Waals surface area contributed by atoms with Crippen LogP contribution in [0.2, 0.25) is 0 Å². The van der Waals surface area contributed by atoms with E-state index in [9.17, 15) is 40.3 Å². The predicted molar refractivity (Wildman–Crippen MR) is 130 cm³/mol. The molecule has 0 aliphatic heterocycles. The van der Waals surface area contributed by atoms with Gasteiger partial charge in [0.05, 0.1) is 0 Å². The number of hydrogen-bond donors (Lipinski definition) is 2. The highest BCUT2D eigenvalue weighted by atomic mass is 32.2. The lowest BCUT2D eigenvalue weighted by Crippen LogP contribution is -2.23. The number of anilines is 2. The van der Waals surface area contributed by atoms with Crippen molar-refractivity contribution in [1.29, 1.82) is 0 Å². The van der Waals surface area contributed by atoms with E-state index in [4.69, 9.17) is 0 Å². The number of hydrogen-bond acceptors (Lipinski definition) is 3.